The van der Waals surface area contributed by atoms with Gasteiger partial charge in [-0.15, -0.1) is 0 Å². The van der Waals surface area contributed by atoms with Crippen LogP contribution < -0.4 is 5.32 Å². The number of benzene rings is 1. The minimum Gasteiger partial charge on any atom is -0.373 e. The number of carbonyl (C=O) groups excluding carboxylic acids is 1. The van der Waals surface area contributed by atoms with Crippen molar-refractivity contribution in [1.82, 2.24) is 10.2 Å². The molecule has 1 aromatic rings. The second-order valence-corrected chi connectivity index (χ2v) is 5.41. The summed E-state index contributed by atoms with van der Waals surface area (Å²) in [6.07, 6.45) is 5.16. The number of nitrogens with one attached hydrogen (secondary N) is 1. The fourth-order valence-electron chi connectivity index (χ4n) is 2.49. The summed E-state index contributed by atoms with van der Waals surface area (Å²) in [7, 11) is 0. The Morgan fingerprint density at radius 1 is 1.43 bits per heavy atom. The van der Waals surface area contributed by atoms with E-state index < -0.39 is 0 Å². The highest BCUT2D eigenvalue weighted by Crippen LogP contribution is 2.17. The standard InChI is InChI=1S/C17H21N3O/c1-14-7-5-6-10-20(14)13-16(11-18)17(21)19-12-15-8-3-2-4-9-15/h2-4,8-9,13-14H,5-7,10,12H2,1H3,(H,19,21)/b16-13-. The molecule has 1 heterocycles. The minimum atomic E-state index is -0.306. The number of hydrogen-bond acceptors (Lipinski definition) is 3. The first-order chi connectivity index (χ1) is 10.2. The molecule has 2 rings (SSSR count). The van der Waals surface area contributed by atoms with Crippen molar-refractivity contribution >= 4 is 5.91 Å². The number of piperidine rings is 1. The molecule has 1 atom stereocenters. The van der Waals surface area contributed by atoms with Crippen LogP contribution in [-0.2, 0) is 11.3 Å². The monoisotopic (exact) mass is 283 g/mol. The van der Waals surface area contributed by atoms with Crippen molar-refractivity contribution in [3.63, 3.8) is 0 Å². The maximum atomic E-state index is 12.1. The summed E-state index contributed by atoms with van der Waals surface area (Å²) >= 11 is 0. The van der Waals surface area contributed by atoms with Crippen molar-refractivity contribution in [3.05, 3.63) is 47.7 Å². The SMILES string of the molecule is CC1CCCCN1/C=C(/C#N)C(=O)NCc1ccccc1. The number of likely N-dealkylation sites (tertiary alicyclic amines) is 1. The first-order valence-corrected chi connectivity index (χ1v) is 7.40. The molecule has 0 aliphatic carbocycles. The molecular weight excluding hydrogens is 262 g/mol. The average Bonchev–Trinajstić information content (AvgIpc) is 2.53. The van der Waals surface area contributed by atoms with Crippen LogP contribution in [0.2, 0.25) is 0 Å². The molecule has 0 aromatic heterocycles. The van der Waals surface area contributed by atoms with Crippen molar-refractivity contribution in [2.24, 2.45) is 0 Å². The maximum absolute atomic E-state index is 12.1. The van der Waals surface area contributed by atoms with Gasteiger partial charge in [-0.1, -0.05) is 30.3 Å². The average molecular weight is 283 g/mol. The van der Waals surface area contributed by atoms with Gasteiger partial charge < -0.3 is 10.2 Å². The van der Waals surface area contributed by atoms with Gasteiger partial charge >= 0.3 is 0 Å². The van der Waals surface area contributed by atoms with E-state index in [2.05, 4.69) is 17.1 Å². The Morgan fingerprint density at radius 2 is 2.19 bits per heavy atom. The van der Waals surface area contributed by atoms with Gasteiger partial charge in [0.15, 0.2) is 0 Å². The Morgan fingerprint density at radius 3 is 2.86 bits per heavy atom. The Bertz CT molecular complexity index is 545. The van der Waals surface area contributed by atoms with Crippen LogP contribution in [0.4, 0.5) is 0 Å². The largest absolute Gasteiger partial charge is 0.373 e. The van der Waals surface area contributed by atoms with Gasteiger partial charge in [-0.3, -0.25) is 4.79 Å². The molecule has 0 bridgehead atoms. The first-order valence-electron chi connectivity index (χ1n) is 7.40. The third kappa shape index (κ3) is 4.35. The van der Waals surface area contributed by atoms with Crippen LogP contribution in [0.1, 0.15) is 31.7 Å². The fraction of sp³-hybridized carbons (Fsp3) is 0.412. The molecule has 1 amide bonds. The molecule has 1 fully saturated rings. The van der Waals surface area contributed by atoms with Gasteiger partial charge in [-0.25, -0.2) is 0 Å². The predicted octanol–water partition coefficient (Wildman–Crippen LogP) is 2.58. The Labute approximate surface area is 126 Å². The van der Waals surface area contributed by atoms with Crippen LogP contribution in [0.5, 0.6) is 0 Å². The van der Waals surface area contributed by atoms with Crippen molar-refractivity contribution in [3.8, 4) is 6.07 Å². The third-order valence-electron chi connectivity index (χ3n) is 3.81. The van der Waals surface area contributed by atoms with E-state index in [4.69, 9.17) is 0 Å². The summed E-state index contributed by atoms with van der Waals surface area (Å²) in [6.45, 7) is 3.49. The summed E-state index contributed by atoms with van der Waals surface area (Å²) in [5, 5.41) is 12.0. The molecule has 4 heteroatoms. The van der Waals surface area contributed by atoms with E-state index >= 15 is 0 Å². The fourth-order valence-corrected chi connectivity index (χ4v) is 2.49. The molecule has 1 aliphatic heterocycles. The summed E-state index contributed by atoms with van der Waals surface area (Å²) in [4.78, 5) is 14.2. The predicted molar refractivity (Wildman–Crippen MR) is 82.0 cm³/mol. The second kappa shape index (κ2) is 7.49. The van der Waals surface area contributed by atoms with E-state index in [0.29, 0.717) is 12.6 Å². The van der Waals surface area contributed by atoms with E-state index in [9.17, 15) is 10.1 Å². The highest BCUT2D eigenvalue weighted by atomic mass is 16.1. The molecule has 110 valence electrons. The van der Waals surface area contributed by atoms with Gasteiger partial charge in [0.1, 0.15) is 11.6 Å². The quantitative estimate of drug-likeness (QED) is 0.682. The first kappa shape index (κ1) is 15.1. The lowest BCUT2D eigenvalue weighted by Gasteiger charge is -2.32. The third-order valence-corrected chi connectivity index (χ3v) is 3.81. The molecule has 1 aromatic carbocycles. The van der Waals surface area contributed by atoms with Crippen LogP contribution in [0.15, 0.2) is 42.1 Å². The summed E-state index contributed by atoms with van der Waals surface area (Å²) < 4.78 is 0. The van der Waals surface area contributed by atoms with Crippen molar-refractivity contribution in [1.29, 1.82) is 5.26 Å². The van der Waals surface area contributed by atoms with E-state index in [1.165, 1.54) is 6.42 Å². The molecule has 0 radical (unpaired) electrons. The number of nitriles is 1. The molecule has 0 saturated carbocycles. The lowest BCUT2D eigenvalue weighted by atomic mass is 10.0. The summed E-state index contributed by atoms with van der Waals surface area (Å²) in [6, 6.07) is 12.1. The summed E-state index contributed by atoms with van der Waals surface area (Å²) in [5.41, 5.74) is 1.20. The van der Waals surface area contributed by atoms with Gasteiger partial charge in [0.05, 0.1) is 0 Å². The van der Waals surface area contributed by atoms with Gasteiger partial charge in [-0.2, -0.15) is 5.26 Å². The zero-order chi connectivity index (χ0) is 15.1. The zero-order valence-electron chi connectivity index (χ0n) is 12.4. The molecule has 21 heavy (non-hydrogen) atoms. The molecule has 4 nitrogen and oxygen atoms in total. The van der Waals surface area contributed by atoms with E-state index in [1.807, 2.05) is 36.4 Å². The normalized spacial score (nSPS) is 19.0. The molecule has 1 N–H and O–H groups in total. The lowest BCUT2D eigenvalue weighted by Crippen LogP contribution is -2.34. The zero-order valence-corrected chi connectivity index (χ0v) is 12.4. The molecule has 0 spiro atoms. The van der Waals surface area contributed by atoms with E-state index in [-0.39, 0.29) is 11.5 Å². The molecule has 1 saturated heterocycles. The van der Waals surface area contributed by atoms with Crippen LogP contribution in [0.3, 0.4) is 0 Å². The topological polar surface area (TPSA) is 56.1 Å². The summed E-state index contributed by atoms with van der Waals surface area (Å²) in [5.74, 6) is -0.306. The Kier molecular flexibility index (Phi) is 5.39. The van der Waals surface area contributed by atoms with Gasteiger partial charge in [0.25, 0.3) is 5.91 Å². The Balaban J connectivity index is 1.96. The van der Waals surface area contributed by atoms with Gasteiger partial charge in [-0.05, 0) is 31.7 Å². The van der Waals surface area contributed by atoms with Gasteiger partial charge in [0.2, 0.25) is 0 Å². The minimum absolute atomic E-state index is 0.180. The van der Waals surface area contributed by atoms with E-state index in [0.717, 1.165) is 24.9 Å². The number of amides is 1. The number of hydrogen-bond donors (Lipinski definition) is 1. The number of nitrogens with zero attached hydrogens (tertiary/aromatic N) is 2. The highest BCUT2D eigenvalue weighted by molar-refractivity contribution is 5.97. The molecular formula is C17H21N3O. The molecule has 1 unspecified atom stereocenters. The maximum Gasteiger partial charge on any atom is 0.263 e. The smallest absolute Gasteiger partial charge is 0.263 e. The van der Waals surface area contributed by atoms with Crippen LogP contribution in [-0.4, -0.2) is 23.4 Å². The van der Waals surface area contributed by atoms with Crippen molar-refractivity contribution < 1.29 is 4.79 Å². The lowest BCUT2D eigenvalue weighted by molar-refractivity contribution is -0.117. The highest BCUT2D eigenvalue weighted by Gasteiger charge is 2.18. The number of rotatable bonds is 4. The van der Waals surface area contributed by atoms with Crippen LogP contribution >= 0.6 is 0 Å². The molecule has 1 aliphatic rings. The number of carbonyl (C=O) groups is 1. The van der Waals surface area contributed by atoms with Crippen molar-refractivity contribution in [2.75, 3.05) is 6.54 Å². The Hall–Kier alpha value is -2.28. The van der Waals surface area contributed by atoms with Gasteiger partial charge in [0, 0.05) is 25.3 Å². The van der Waals surface area contributed by atoms with Crippen molar-refractivity contribution in [2.45, 2.75) is 38.8 Å². The van der Waals surface area contributed by atoms with E-state index in [1.54, 1.807) is 6.20 Å². The van der Waals surface area contributed by atoms with Crippen LogP contribution in [0, 0.1) is 11.3 Å². The van der Waals surface area contributed by atoms with Crippen LogP contribution in [0.25, 0.3) is 0 Å². The second-order valence-electron chi connectivity index (χ2n) is 5.41.